The highest BCUT2D eigenvalue weighted by Gasteiger charge is 2.20. The van der Waals surface area contributed by atoms with Crippen LogP contribution < -0.4 is 4.90 Å². The van der Waals surface area contributed by atoms with E-state index in [0.717, 1.165) is 42.9 Å². The average molecular weight is 236 g/mol. The first-order valence-corrected chi connectivity index (χ1v) is 6.08. The molecular weight excluding hydrogens is 216 g/mol. The third kappa shape index (κ3) is 2.76. The predicted octanol–water partition coefficient (Wildman–Crippen LogP) is 1.50. The topological polar surface area (TPSA) is 45.6 Å². The molecule has 4 nitrogen and oxygen atoms in total. The summed E-state index contributed by atoms with van der Waals surface area (Å²) in [6, 6.07) is 2.00. The van der Waals surface area contributed by atoms with Gasteiger partial charge in [0.15, 0.2) is 0 Å². The van der Waals surface area contributed by atoms with E-state index >= 15 is 0 Å². The fourth-order valence-corrected chi connectivity index (χ4v) is 2.35. The number of nitrogens with zero attached hydrogens (tertiary/aromatic N) is 2. The van der Waals surface area contributed by atoms with Crippen molar-refractivity contribution in [3.05, 3.63) is 23.4 Å². The summed E-state index contributed by atoms with van der Waals surface area (Å²) in [7, 11) is 1.78. The van der Waals surface area contributed by atoms with E-state index in [2.05, 4.69) is 9.88 Å². The van der Waals surface area contributed by atoms with Crippen molar-refractivity contribution in [2.45, 2.75) is 32.5 Å². The molecule has 0 bridgehead atoms. The van der Waals surface area contributed by atoms with E-state index < -0.39 is 0 Å². The van der Waals surface area contributed by atoms with Crippen molar-refractivity contribution in [2.24, 2.45) is 0 Å². The summed E-state index contributed by atoms with van der Waals surface area (Å²) < 4.78 is 5.36. The van der Waals surface area contributed by atoms with Gasteiger partial charge in [0.05, 0.1) is 12.7 Å². The summed E-state index contributed by atoms with van der Waals surface area (Å²) in [6.07, 6.45) is 4.26. The lowest BCUT2D eigenvalue weighted by Crippen LogP contribution is -2.37. The van der Waals surface area contributed by atoms with Crippen LogP contribution in [-0.2, 0) is 11.3 Å². The molecule has 2 rings (SSSR count). The van der Waals surface area contributed by atoms with Crippen molar-refractivity contribution in [2.75, 3.05) is 25.1 Å². The first-order chi connectivity index (χ1) is 8.24. The molecule has 94 valence electrons. The van der Waals surface area contributed by atoms with Gasteiger partial charge in [-0.3, -0.25) is 0 Å². The zero-order valence-electron chi connectivity index (χ0n) is 10.5. The summed E-state index contributed by atoms with van der Waals surface area (Å²) in [4.78, 5) is 6.75. The first kappa shape index (κ1) is 12.3. The highest BCUT2D eigenvalue weighted by molar-refractivity contribution is 5.47. The summed E-state index contributed by atoms with van der Waals surface area (Å²) in [5.41, 5.74) is 2.01. The molecule has 2 heterocycles. The quantitative estimate of drug-likeness (QED) is 0.864. The number of aryl methyl sites for hydroxylation is 1. The van der Waals surface area contributed by atoms with Crippen molar-refractivity contribution < 1.29 is 9.84 Å². The monoisotopic (exact) mass is 236 g/mol. The average Bonchev–Trinajstić information content (AvgIpc) is 2.39. The van der Waals surface area contributed by atoms with Gasteiger partial charge in [0, 0.05) is 26.4 Å². The summed E-state index contributed by atoms with van der Waals surface area (Å²) in [6.45, 7) is 4.08. The molecule has 0 aromatic carbocycles. The standard InChI is InChI=1S/C13H20N2O2/c1-10-7-11(9-16)8-14-13(10)15-5-3-12(17-2)4-6-15/h7-8,12,16H,3-6,9H2,1-2H3. The number of methoxy groups -OCH3 is 1. The predicted molar refractivity (Wildman–Crippen MR) is 67.1 cm³/mol. The number of ether oxygens (including phenoxy) is 1. The highest BCUT2D eigenvalue weighted by Crippen LogP contribution is 2.23. The van der Waals surface area contributed by atoms with Gasteiger partial charge >= 0.3 is 0 Å². The molecule has 1 N–H and O–H groups in total. The molecule has 1 aliphatic heterocycles. The van der Waals surface area contributed by atoms with Gasteiger partial charge < -0.3 is 14.7 Å². The van der Waals surface area contributed by atoms with Gasteiger partial charge in [-0.25, -0.2) is 4.98 Å². The lowest BCUT2D eigenvalue weighted by atomic mass is 10.1. The van der Waals surface area contributed by atoms with Crippen LogP contribution in [0.25, 0.3) is 0 Å². The summed E-state index contributed by atoms with van der Waals surface area (Å²) in [5, 5.41) is 9.06. The van der Waals surface area contributed by atoms with Gasteiger partial charge in [-0.1, -0.05) is 0 Å². The Bertz CT molecular complexity index is 374. The van der Waals surface area contributed by atoms with Crippen molar-refractivity contribution >= 4 is 5.82 Å². The molecule has 0 unspecified atom stereocenters. The second-order valence-electron chi connectivity index (χ2n) is 4.56. The van der Waals surface area contributed by atoms with Crippen LogP contribution in [0.5, 0.6) is 0 Å². The number of anilines is 1. The largest absolute Gasteiger partial charge is 0.392 e. The SMILES string of the molecule is COC1CCN(c2ncc(CO)cc2C)CC1. The Kier molecular flexibility index (Phi) is 3.97. The normalized spacial score (nSPS) is 17.5. The molecule has 0 radical (unpaired) electrons. The molecule has 0 aliphatic carbocycles. The zero-order chi connectivity index (χ0) is 12.3. The number of piperidine rings is 1. The Hall–Kier alpha value is -1.13. The van der Waals surface area contributed by atoms with E-state index in [9.17, 15) is 0 Å². The van der Waals surface area contributed by atoms with Crippen LogP contribution in [0.4, 0.5) is 5.82 Å². The Morgan fingerprint density at radius 1 is 1.47 bits per heavy atom. The number of aliphatic hydroxyl groups excluding tert-OH is 1. The van der Waals surface area contributed by atoms with Crippen molar-refractivity contribution in [3.8, 4) is 0 Å². The van der Waals surface area contributed by atoms with Crippen LogP contribution in [-0.4, -0.2) is 36.4 Å². The van der Waals surface area contributed by atoms with Gasteiger partial charge in [0.2, 0.25) is 0 Å². The minimum absolute atomic E-state index is 0.0554. The number of hydrogen-bond acceptors (Lipinski definition) is 4. The van der Waals surface area contributed by atoms with Crippen molar-refractivity contribution in [3.63, 3.8) is 0 Å². The lowest BCUT2D eigenvalue weighted by molar-refractivity contribution is 0.0818. The minimum Gasteiger partial charge on any atom is -0.392 e. The third-order valence-corrected chi connectivity index (χ3v) is 3.36. The number of hydrogen-bond donors (Lipinski definition) is 1. The number of rotatable bonds is 3. The molecule has 0 saturated carbocycles. The maximum atomic E-state index is 9.06. The Labute approximate surface area is 102 Å². The molecule has 0 atom stereocenters. The van der Waals surface area contributed by atoms with Crippen LogP contribution in [0.1, 0.15) is 24.0 Å². The fourth-order valence-electron chi connectivity index (χ4n) is 2.35. The molecule has 1 aromatic rings. The molecule has 1 fully saturated rings. The minimum atomic E-state index is 0.0554. The second kappa shape index (κ2) is 5.47. The maximum Gasteiger partial charge on any atom is 0.131 e. The Morgan fingerprint density at radius 3 is 2.71 bits per heavy atom. The molecule has 1 aromatic heterocycles. The van der Waals surface area contributed by atoms with Gasteiger partial charge in [-0.2, -0.15) is 0 Å². The number of aromatic nitrogens is 1. The van der Waals surface area contributed by atoms with E-state index in [-0.39, 0.29) is 6.61 Å². The Balaban J connectivity index is 2.08. The summed E-state index contributed by atoms with van der Waals surface area (Å²) in [5.74, 6) is 1.04. The molecule has 4 heteroatoms. The van der Waals surface area contributed by atoms with E-state index in [4.69, 9.17) is 9.84 Å². The molecular formula is C13H20N2O2. The number of pyridine rings is 1. The van der Waals surface area contributed by atoms with E-state index in [1.54, 1.807) is 13.3 Å². The Morgan fingerprint density at radius 2 is 2.18 bits per heavy atom. The van der Waals surface area contributed by atoms with Crippen molar-refractivity contribution in [1.29, 1.82) is 0 Å². The van der Waals surface area contributed by atoms with Crippen LogP contribution in [0.3, 0.4) is 0 Å². The van der Waals surface area contributed by atoms with Gasteiger partial charge in [0.1, 0.15) is 5.82 Å². The maximum absolute atomic E-state index is 9.06. The lowest BCUT2D eigenvalue weighted by Gasteiger charge is -2.33. The van der Waals surface area contributed by atoms with Crippen LogP contribution >= 0.6 is 0 Å². The van der Waals surface area contributed by atoms with E-state index in [1.165, 1.54) is 0 Å². The smallest absolute Gasteiger partial charge is 0.131 e. The van der Waals surface area contributed by atoms with E-state index in [0.29, 0.717) is 6.10 Å². The van der Waals surface area contributed by atoms with Gasteiger partial charge in [-0.15, -0.1) is 0 Å². The summed E-state index contributed by atoms with van der Waals surface area (Å²) >= 11 is 0. The van der Waals surface area contributed by atoms with Crippen LogP contribution in [0.2, 0.25) is 0 Å². The molecule has 0 spiro atoms. The first-order valence-electron chi connectivity index (χ1n) is 6.08. The molecule has 0 amide bonds. The van der Waals surface area contributed by atoms with Gasteiger partial charge in [-0.05, 0) is 37.0 Å². The fraction of sp³-hybridized carbons (Fsp3) is 0.615. The van der Waals surface area contributed by atoms with E-state index in [1.807, 2.05) is 13.0 Å². The highest BCUT2D eigenvalue weighted by atomic mass is 16.5. The number of aliphatic hydroxyl groups is 1. The zero-order valence-corrected chi connectivity index (χ0v) is 10.5. The molecule has 1 saturated heterocycles. The van der Waals surface area contributed by atoms with Crippen molar-refractivity contribution in [1.82, 2.24) is 4.98 Å². The van der Waals surface area contributed by atoms with Gasteiger partial charge in [0.25, 0.3) is 0 Å². The molecule has 17 heavy (non-hydrogen) atoms. The van der Waals surface area contributed by atoms with Crippen LogP contribution in [0, 0.1) is 6.92 Å². The van der Waals surface area contributed by atoms with Crippen LogP contribution in [0.15, 0.2) is 12.3 Å². The second-order valence-corrected chi connectivity index (χ2v) is 4.56. The molecule has 1 aliphatic rings. The third-order valence-electron chi connectivity index (χ3n) is 3.36.